The van der Waals surface area contributed by atoms with E-state index in [0.29, 0.717) is 12.4 Å². The molecular formula is C12H16N2O3. The molecule has 0 unspecified atom stereocenters. The lowest BCUT2D eigenvalue weighted by molar-refractivity contribution is -0.384. The molecule has 0 radical (unpaired) electrons. The van der Waals surface area contributed by atoms with E-state index in [1.807, 2.05) is 0 Å². The standard InChI is InChI=1S/C12H16N2O3/c15-14(16)11-4-3-5-12(10-11)17-9-8-13-6-1-2-7-13/h3-5,10H,1-2,6-9H2. The Kier molecular flexibility index (Phi) is 3.93. The zero-order valence-electron chi connectivity index (χ0n) is 9.67. The molecule has 1 aromatic carbocycles. The summed E-state index contributed by atoms with van der Waals surface area (Å²) in [5, 5.41) is 10.6. The number of likely N-dealkylation sites (tertiary alicyclic amines) is 1. The fourth-order valence-corrected chi connectivity index (χ4v) is 1.99. The zero-order valence-corrected chi connectivity index (χ0v) is 9.67. The predicted octanol–water partition coefficient (Wildman–Crippen LogP) is 2.07. The average molecular weight is 236 g/mol. The highest BCUT2D eigenvalue weighted by Crippen LogP contribution is 2.19. The summed E-state index contributed by atoms with van der Waals surface area (Å²) in [6, 6.07) is 6.32. The van der Waals surface area contributed by atoms with Crippen molar-refractivity contribution in [3.8, 4) is 5.75 Å². The Morgan fingerprint density at radius 2 is 2.12 bits per heavy atom. The molecule has 0 atom stereocenters. The predicted molar refractivity (Wildman–Crippen MR) is 64.3 cm³/mol. The van der Waals surface area contributed by atoms with Gasteiger partial charge < -0.3 is 4.74 Å². The SMILES string of the molecule is O=[N+]([O-])c1cccc(OCCN2CCCC2)c1. The summed E-state index contributed by atoms with van der Waals surface area (Å²) in [5.74, 6) is 0.568. The first-order valence-electron chi connectivity index (χ1n) is 5.85. The Bertz CT molecular complexity index is 389. The van der Waals surface area contributed by atoms with E-state index < -0.39 is 4.92 Å². The maximum atomic E-state index is 10.6. The first kappa shape index (κ1) is 11.9. The van der Waals surface area contributed by atoms with Crippen molar-refractivity contribution in [2.45, 2.75) is 12.8 Å². The summed E-state index contributed by atoms with van der Waals surface area (Å²) < 4.78 is 5.51. The molecular weight excluding hydrogens is 220 g/mol. The van der Waals surface area contributed by atoms with Gasteiger partial charge >= 0.3 is 0 Å². The minimum Gasteiger partial charge on any atom is -0.492 e. The number of hydrogen-bond donors (Lipinski definition) is 0. The largest absolute Gasteiger partial charge is 0.492 e. The first-order chi connectivity index (χ1) is 8.25. The van der Waals surface area contributed by atoms with Gasteiger partial charge in [-0.3, -0.25) is 15.0 Å². The molecule has 0 aliphatic carbocycles. The van der Waals surface area contributed by atoms with Crippen LogP contribution in [0, 0.1) is 10.1 Å². The van der Waals surface area contributed by atoms with Crippen molar-refractivity contribution in [1.82, 2.24) is 4.90 Å². The lowest BCUT2D eigenvalue weighted by Crippen LogP contribution is -2.25. The molecule has 0 aromatic heterocycles. The van der Waals surface area contributed by atoms with Crippen LogP contribution in [0.5, 0.6) is 5.75 Å². The van der Waals surface area contributed by atoms with E-state index >= 15 is 0 Å². The molecule has 0 bridgehead atoms. The molecule has 17 heavy (non-hydrogen) atoms. The van der Waals surface area contributed by atoms with Gasteiger partial charge in [0.1, 0.15) is 12.4 Å². The van der Waals surface area contributed by atoms with Crippen LogP contribution in [0.3, 0.4) is 0 Å². The van der Waals surface area contributed by atoms with Gasteiger partial charge in [0.15, 0.2) is 0 Å². The molecule has 1 aliphatic rings. The van der Waals surface area contributed by atoms with Gasteiger partial charge in [-0.25, -0.2) is 0 Å². The third-order valence-corrected chi connectivity index (χ3v) is 2.90. The number of ether oxygens (including phenoxy) is 1. The van der Waals surface area contributed by atoms with Crippen LogP contribution in [-0.2, 0) is 0 Å². The minimum atomic E-state index is -0.409. The van der Waals surface area contributed by atoms with Gasteiger partial charge in [0, 0.05) is 12.6 Å². The Morgan fingerprint density at radius 1 is 1.35 bits per heavy atom. The van der Waals surface area contributed by atoms with E-state index in [1.165, 1.54) is 25.0 Å². The topological polar surface area (TPSA) is 55.6 Å². The highest BCUT2D eigenvalue weighted by Gasteiger charge is 2.11. The van der Waals surface area contributed by atoms with E-state index in [4.69, 9.17) is 4.74 Å². The molecule has 92 valence electrons. The fourth-order valence-electron chi connectivity index (χ4n) is 1.99. The second kappa shape index (κ2) is 5.63. The molecule has 1 saturated heterocycles. The lowest BCUT2D eigenvalue weighted by atomic mass is 10.3. The highest BCUT2D eigenvalue weighted by atomic mass is 16.6. The van der Waals surface area contributed by atoms with Crippen molar-refractivity contribution < 1.29 is 9.66 Å². The first-order valence-corrected chi connectivity index (χ1v) is 5.85. The van der Waals surface area contributed by atoms with Gasteiger partial charge in [-0.05, 0) is 32.0 Å². The van der Waals surface area contributed by atoms with Crippen LogP contribution in [0.15, 0.2) is 24.3 Å². The number of hydrogen-bond acceptors (Lipinski definition) is 4. The van der Waals surface area contributed by atoms with Crippen LogP contribution in [0.2, 0.25) is 0 Å². The van der Waals surface area contributed by atoms with Gasteiger partial charge in [0.2, 0.25) is 0 Å². The van der Waals surface area contributed by atoms with E-state index in [1.54, 1.807) is 12.1 Å². The molecule has 1 aliphatic heterocycles. The van der Waals surface area contributed by atoms with Crippen LogP contribution in [0.25, 0.3) is 0 Å². The molecule has 1 fully saturated rings. The third-order valence-electron chi connectivity index (χ3n) is 2.90. The zero-order chi connectivity index (χ0) is 12.1. The third kappa shape index (κ3) is 3.42. The van der Waals surface area contributed by atoms with Gasteiger partial charge in [-0.2, -0.15) is 0 Å². The summed E-state index contributed by atoms with van der Waals surface area (Å²) in [7, 11) is 0. The fraction of sp³-hybridized carbons (Fsp3) is 0.500. The van der Waals surface area contributed by atoms with Crippen LogP contribution in [-0.4, -0.2) is 36.1 Å². The molecule has 5 nitrogen and oxygen atoms in total. The average Bonchev–Trinajstić information content (AvgIpc) is 2.82. The molecule has 5 heteroatoms. The second-order valence-electron chi connectivity index (χ2n) is 4.15. The van der Waals surface area contributed by atoms with Crippen LogP contribution < -0.4 is 4.74 Å². The number of non-ortho nitro benzene ring substituents is 1. The van der Waals surface area contributed by atoms with E-state index in [-0.39, 0.29) is 5.69 Å². The molecule has 0 amide bonds. The molecule has 0 saturated carbocycles. The van der Waals surface area contributed by atoms with Crippen molar-refractivity contribution in [3.63, 3.8) is 0 Å². The van der Waals surface area contributed by atoms with Crippen molar-refractivity contribution in [1.29, 1.82) is 0 Å². The summed E-state index contributed by atoms with van der Waals surface area (Å²) in [4.78, 5) is 12.5. The van der Waals surface area contributed by atoms with E-state index in [2.05, 4.69) is 4.90 Å². The van der Waals surface area contributed by atoms with Crippen LogP contribution in [0.1, 0.15) is 12.8 Å². The van der Waals surface area contributed by atoms with Crippen LogP contribution in [0.4, 0.5) is 5.69 Å². The summed E-state index contributed by atoms with van der Waals surface area (Å²) in [5.41, 5.74) is 0.0728. The molecule has 0 N–H and O–H groups in total. The molecule has 2 rings (SSSR count). The highest BCUT2D eigenvalue weighted by molar-refractivity contribution is 5.37. The maximum absolute atomic E-state index is 10.6. The summed E-state index contributed by atoms with van der Waals surface area (Å²) in [6.45, 7) is 3.75. The van der Waals surface area contributed by atoms with E-state index in [0.717, 1.165) is 19.6 Å². The van der Waals surface area contributed by atoms with Gasteiger partial charge in [-0.15, -0.1) is 0 Å². The van der Waals surface area contributed by atoms with Crippen LogP contribution >= 0.6 is 0 Å². The Morgan fingerprint density at radius 3 is 2.82 bits per heavy atom. The second-order valence-corrected chi connectivity index (χ2v) is 4.15. The quantitative estimate of drug-likeness (QED) is 0.580. The van der Waals surface area contributed by atoms with Crippen molar-refractivity contribution in [2.75, 3.05) is 26.2 Å². The smallest absolute Gasteiger partial charge is 0.273 e. The molecule has 0 spiro atoms. The summed E-state index contributed by atoms with van der Waals surface area (Å²) in [6.07, 6.45) is 2.52. The number of nitro benzene ring substituents is 1. The minimum absolute atomic E-state index is 0.0728. The van der Waals surface area contributed by atoms with Gasteiger partial charge in [0.05, 0.1) is 11.0 Å². The number of nitrogens with zero attached hydrogens (tertiary/aromatic N) is 2. The molecule has 1 aromatic rings. The monoisotopic (exact) mass is 236 g/mol. The Labute approximate surface area is 100 Å². The number of nitro groups is 1. The maximum Gasteiger partial charge on any atom is 0.273 e. The summed E-state index contributed by atoms with van der Waals surface area (Å²) >= 11 is 0. The Hall–Kier alpha value is -1.62. The van der Waals surface area contributed by atoms with Crippen molar-refractivity contribution in [3.05, 3.63) is 34.4 Å². The number of rotatable bonds is 5. The number of benzene rings is 1. The van der Waals surface area contributed by atoms with E-state index in [9.17, 15) is 10.1 Å². The van der Waals surface area contributed by atoms with Crippen molar-refractivity contribution >= 4 is 5.69 Å². The van der Waals surface area contributed by atoms with Gasteiger partial charge in [0.25, 0.3) is 5.69 Å². The van der Waals surface area contributed by atoms with Crippen molar-refractivity contribution in [2.24, 2.45) is 0 Å². The molecule has 1 heterocycles. The van der Waals surface area contributed by atoms with Gasteiger partial charge in [-0.1, -0.05) is 6.07 Å². The normalized spacial score (nSPS) is 16.0. The Balaban J connectivity index is 1.81. The lowest BCUT2D eigenvalue weighted by Gasteiger charge is -2.14.